The molecule has 0 fully saturated rings. The van der Waals surface area contributed by atoms with Gasteiger partial charge < -0.3 is 5.32 Å². The van der Waals surface area contributed by atoms with E-state index in [4.69, 9.17) is 0 Å². The smallest absolute Gasteiger partial charge is 0.0692 e. The van der Waals surface area contributed by atoms with Crippen molar-refractivity contribution in [3.8, 4) is 0 Å². The van der Waals surface area contributed by atoms with E-state index in [2.05, 4.69) is 60.7 Å². The number of aryl methyl sites for hydroxylation is 1. The van der Waals surface area contributed by atoms with Crippen molar-refractivity contribution in [2.75, 3.05) is 6.54 Å². The molecule has 0 aliphatic rings. The van der Waals surface area contributed by atoms with E-state index in [1.54, 1.807) is 6.20 Å². The number of nitrogens with one attached hydrogen (secondary N) is 1. The normalized spacial score (nSPS) is 12.8. The van der Waals surface area contributed by atoms with Crippen LogP contribution >= 0.6 is 0 Å². The lowest BCUT2D eigenvalue weighted by atomic mass is 9.99. The minimum Gasteiger partial charge on any atom is -0.310 e. The molecular formula is C16H24N4. The monoisotopic (exact) mass is 272 g/mol. The third-order valence-electron chi connectivity index (χ3n) is 3.59. The van der Waals surface area contributed by atoms with E-state index >= 15 is 0 Å². The Balaban J connectivity index is 1.75. The quantitative estimate of drug-likeness (QED) is 0.787. The fourth-order valence-electron chi connectivity index (χ4n) is 2.20. The molecule has 1 atom stereocenters. The van der Waals surface area contributed by atoms with Crippen LogP contribution in [0.1, 0.15) is 50.3 Å². The van der Waals surface area contributed by atoms with Crippen molar-refractivity contribution in [2.24, 2.45) is 0 Å². The van der Waals surface area contributed by atoms with E-state index in [0.29, 0.717) is 12.0 Å². The lowest BCUT2D eigenvalue weighted by Crippen LogP contribution is -2.21. The Morgan fingerprint density at radius 3 is 2.40 bits per heavy atom. The fourth-order valence-corrected chi connectivity index (χ4v) is 2.20. The van der Waals surface area contributed by atoms with Gasteiger partial charge in [-0.3, -0.25) is 4.68 Å². The third kappa shape index (κ3) is 4.17. The molecular weight excluding hydrogens is 248 g/mol. The van der Waals surface area contributed by atoms with E-state index in [1.165, 1.54) is 11.1 Å². The van der Waals surface area contributed by atoms with Gasteiger partial charge in [-0.1, -0.05) is 43.3 Å². The molecule has 1 N–H and O–H groups in total. The van der Waals surface area contributed by atoms with Crippen LogP contribution in [0.2, 0.25) is 0 Å². The van der Waals surface area contributed by atoms with Crippen LogP contribution in [0.3, 0.4) is 0 Å². The van der Waals surface area contributed by atoms with Gasteiger partial charge in [0.05, 0.1) is 6.20 Å². The Hall–Kier alpha value is -1.68. The van der Waals surface area contributed by atoms with Crippen molar-refractivity contribution in [2.45, 2.75) is 45.7 Å². The van der Waals surface area contributed by atoms with Gasteiger partial charge >= 0.3 is 0 Å². The summed E-state index contributed by atoms with van der Waals surface area (Å²) in [4.78, 5) is 0. The lowest BCUT2D eigenvalue weighted by Gasteiger charge is -2.15. The van der Waals surface area contributed by atoms with Gasteiger partial charge in [-0.25, -0.2) is 0 Å². The molecule has 0 radical (unpaired) electrons. The zero-order chi connectivity index (χ0) is 14.4. The number of rotatable bonds is 7. The van der Waals surface area contributed by atoms with Crippen LogP contribution in [0.4, 0.5) is 0 Å². The average molecular weight is 272 g/mol. The minimum absolute atomic E-state index is 0.381. The van der Waals surface area contributed by atoms with Crippen molar-refractivity contribution in [3.63, 3.8) is 0 Å². The largest absolute Gasteiger partial charge is 0.310 e. The maximum absolute atomic E-state index is 3.96. The van der Waals surface area contributed by atoms with E-state index in [1.807, 2.05) is 10.9 Å². The Kier molecular flexibility index (Phi) is 5.30. The summed E-state index contributed by atoms with van der Waals surface area (Å²) in [5.74, 6) is 0.593. The molecule has 108 valence electrons. The van der Waals surface area contributed by atoms with Gasteiger partial charge in [-0.15, -0.1) is 5.10 Å². The average Bonchev–Trinajstić information content (AvgIpc) is 2.96. The Morgan fingerprint density at radius 1 is 1.10 bits per heavy atom. The van der Waals surface area contributed by atoms with Gasteiger partial charge in [0, 0.05) is 18.8 Å². The minimum atomic E-state index is 0.381. The number of hydrogen-bond donors (Lipinski definition) is 1. The first-order valence-electron chi connectivity index (χ1n) is 7.34. The van der Waals surface area contributed by atoms with Crippen LogP contribution in [0.15, 0.2) is 36.7 Å². The molecule has 0 aliphatic carbocycles. The highest BCUT2D eigenvalue weighted by Crippen LogP contribution is 2.18. The van der Waals surface area contributed by atoms with Gasteiger partial charge in [0.15, 0.2) is 0 Å². The predicted octanol–water partition coefficient (Wildman–Crippen LogP) is 3.14. The van der Waals surface area contributed by atoms with E-state index < -0.39 is 0 Å². The SMILES string of the molecule is CC(C)c1ccc(C(C)NCCCn2ccnn2)cc1. The Morgan fingerprint density at radius 2 is 1.80 bits per heavy atom. The zero-order valence-electron chi connectivity index (χ0n) is 12.6. The summed E-state index contributed by atoms with van der Waals surface area (Å²) in [6.45, 7) is 8.54. The fraction of sp³-hybridized carbons (Fsp3) is 0.500. The second-order valence-corrected chi connectivity index (χ2v) is 5.52. The molecule has 2 aromatic rings. The number of hydrogen-bond acceptors (Lipinski definition) is 3. The standard InChI is InChI=1S/C16H24N4/c1-13(2)15-5-7-16(8-6-15)14(3)17-9-4-11-20-12-10-18-19-20/h5-8,10,12-14,17H,4,9,11H2,1-3H3. The first kappa shape index (κ1) is 14.7. The van der Waals surface area contributed by atoms with Crippen molar-refractivity contribution < 1.29 is 0 Å². The highest BCUT2D eigenvalue weighted by molar-refractivity contribution is 5.26. The summed E-state index contributed by atoms with van der Waals surface area (Å²) in [6, 6.07) is 9.29. The van der Waals surface area contributed by atoms with Crippen LogP contribution in [0, 0.1) is 0 Å². The van der Waals surface area contributed by atoms with Gasteiger partial charge in [-0.2, -0.15) is 0 Å². The highest BCUT2D eigenvalue weighted by atomic mass is 15.4. The summed E-state index contributed by atoms with van der Waals surface area (Å²) in [5.41, 5.74) is 2.74. The zero-order valence-corrected chi connectivity index (χ0v) is 12.6. The maximum atomic E-state index is 3.96. The molecule has 0 aliphatic heterocycles. The van der Waals surface area contributed by atoms with E-state index in [0.717, 1.165) is 19.5 Å². The maximum Gasteiger partial charge on any atom is 0.0692 e. The lowest BCUT2D eigenvalue weighted by molar-refractivity contribution is 0.499. The molecule has 0 bridgehead atoms. The highest BCUT2D eigenvalue weighted by Gasteiger charge is 2.05. The van der Waals surface area contributed by atoms with Crippen molar-refractivity contribution in [1.82, 2.24) is 20.3 Å². The van der Waals surface area contributed by atoms with Gasteiger partial charge in [0.1, 0.15) is 0 Å². The molecule has 0 saturated heterocycles. The predicted molar refractivity (Wildman–Crippen MR) is 81.6 cm³/mol. The summed E-state index contributed by atoms with van der Waals surface area (Å²) < 4.78 is 1.86. The van der Waals surface area contributed by atoms with Gasteiger partial charge in [-0.05, 0) is 36.9 Å². The third-order valence-corrected chi connectivity index (χ3v) is 3.59. The van der Waals surface area contributed by atoms with E-state index in [9.17, 15) is 0 Å². The molecule has 2 rings (SSSR count). The second kappa shape index (κ2) is 7.20. The molecule has 0 saturated carbocycles. The van der Waals surface area contributed by atoms with Crippen LogP contribution in [-0.4, -0.2) is 21.5 Å². The van der Waals surface area contributed by atoms with Crippen LogP contribution in [0.25, 0.3) is 0 Å². The number of benzene rings is 1. The van der Waals surface area contributed by atoms with Gasteiger partial charge in [0.25, 0.3) is 0 Å². The van der Waals surface area contributed by atoms with E-state index in [-0.39, 0.29) is 0 Å². The molecule has 1 aromatic carbocycles. The van der Waals surface area contributed by atoms with Crippen LogP contribution in [0.5, 0.6) is 0 Å². The molecule has 20 heavy (non-hydrogen) atoms. The number of aromatic nitrogens is 3. The molecule has 1 heterocycles. The van der Waals surface area contributed by atoms with Gasteiger partial charge in [0.2, 0.25) is 0 Å². The second-order valence-electron chi connectivity index (χ2n) is 5.52. The number of nitrogens with zero attached hydrogens (tertiary/aromatic N) is 3. The molecule has 0 amide bonds. The Bertz CT molecular complexity index is 488. The van der Waals surface area contributed by atoms with Crippen molar-refractivity contribution >= 4 is 0 Å². The molecule has 4 heteroatoms. The summed E-state index contributed by atoms with van der Waals surface area (Å²) in [7, 11) is 0. The summed E-state index contributed by atoms with van der Waals surface area (Å²) >= 11 is 0. The van der Waals surface area contributed by atoms with Crippen LogP contribution < -0.4 is 5.32 Å². The molecule has 1 aromatic heterocycles. The van der Waals surface area contributed by atoms with Crippen molar-refractivity contribution in [3.05, 3.63) is 47.8 Å². The summed E-state index contributed by atoms with van der Waals surface area (Å²) in [5, 5.41) is 11.3. The molecule has 4 nitrogen and oxygen atoms in total. The van der Waals surface area contributed by atoms with Crippen LogP contribution in [-0.2, 0) is 6.54 Å². The first-order valence-corrected chi connectivity index (χ1v) is 7.34. The molecule has 1 unspecified atom stereocenters. The topological polar surface area (TPSA) is 42.7 Å². The molecule has 0 spiro atoms. The Labute approximate surface area is 121 Å². The van der Waals surface area contributed by atoms with Crippen molar-refractivity contribution in [1.29, 1.82) is 0 Å². The first-order chi connectivity index (χ1) is 9.66. The summed E-state index contributed by atoms with van der Waals surface area (Å²) in [6.07, 6.45) is 4.66.